The van der Waals surface area contributed by atoms with Crippen molar-refractivity contribution < 1.29 is 14.5 Å². The summed E-state index contributed by atoms with van der Waals surface area (Å²) in [6, 6.07) is 11.1. The van der Waals surface area contributed by atoms with Gasteiger partial charge >= 0.3 is 0 Å². The van der Waals surface area contributed by atoms with Crippen LogP contribution >= 0.6 is 22.6 Å². The smallest absolute Gasteiger partial charge is 0.270 e. The Morgan fingerprint density at radius 1 is 1.24 bits per heavy atom. The number of rotatable bonds is 4. The minimum Gasteiger partial charge on any atom is -0.496 e. The molecule has 2 aromatic rings. The van der Waals surface area contributed by atoms with E-state index in [0.29, 0.717) is 5.69 Å². The Kier molecular flexibility index (Phi) is 4.73. The molecule has 1 N–H and O–H groups in total. The van der Waals surface area contributed by atoms with Gasteiger partial charge in [-0.1, -0.05) is 0 Å². The Balaban J connectivity index is 2.30. The minimum atomic E-state index is -0.554. The molecule has 0 unspecified atom stereocenters. The number of carbonyl (C=O) groups excluding carboxylic acids is 1. The van der Waals surface area contributed by atoms with Gasteiger partial charge in [0.15, 0.2) is 0 Å². The highest BCUT2D eigenvalue weighted by atomic mass is 127. The zero-order chi connectivity index (χ0) is 15.4. The maximum Gasteiger partial charge on any atom is 0.270 e. The predicted molar refractivity (Wildman–Crippen MR) is 86.8 cm³/mol. The SMILES string of the molecule is COc1ccc([N+](=O)[O-])cc1C(=O)Nc1ccc(I)cc1. The fraction of sp³-hybridized carbons (Fsp3) is 0.0714. The molecule has 0 heterocycles. The zero-order valence-electron chi connectivity index (χ0n) is 11.0. The monoisotopic (exact) mass is 398 g/mol. The first-order chi connectivity index (χ1) is 10.0. The number of anilines is 1. The summed E-state index contributed by atoms with van der Waals surface area (Å²) < 4.78 is 6.11. The number of hydrogen-bond acceptors (Lipinski definition) is 4. The largest absolute Gasteiger partial charge is 0.496 e. The zero-order valence-corrected chi connectivity index (χ0v) is 13.2. The molecular weight excluding hydrogens is 387 g/mol. The standard InChI is InChI=1S/C14H11IN2O4/c1-21-13-7-6-11(17(19)20)8-12(13)14(18)16-10-4-2-9(15)3-5-10/h2-8H,1H3,(H,16,18). The summed E-state index contributed by atoms with van der Waals surface area (Å²) in [6.45, 7) is 0. The lowest BCUT2D eigenvalue weighted by Crippen LogP contribution is -2.13. The lowest BCUT2D eigenvalue weighted by atomic mass is 10.1. The molecule has 0 atom stereocenters. The van der Waals surface area contributed by atoms with Crippen LogP contribution in [-0.4, -0.2) is 17.9 Å². The lowest BCUT2D eigenvalue weighted by Gasteiger charge is -2.09. The Hall–Kier alpha value is -2.16. The van der Waals surface area contributed by atoms with Crippen LogP contribution in [0.15, 0.2) is 42.5 Å². The Morgan fingerprint density at radius 3 is 2.48 bits per heavy atom. The summed E-state index contributed by atoms with van der Waals surface area (Å²) in [5.41, 5.74) is 0.558. The Labute approximate surface area is 134 Å². The second kappa shape index (κ2) is 6.53. The van der Waals surface area contributed by atoms with E-state index in [1.165, 1.54) is 25.3 Å². The van der Waals surface area contributed by atoms with Crippen LogP contribution in [0.5, 0.6) is 5.75 Å². The van der Waals surface area contributed by atoms with E-state index in [0.717, 1.165) is 3.57 Å². The van der Waals surface area contributed by atoms with Gasteiger partial charge in [-0.05, 0) is 52.9 Å². The lowest BCUT2D eigenvalue weighted by molar-refractivity contribution is -0.384. The van der Waals surface area contributed by atoms with Crippen LogP contribution in [0.4, 0.5) is 11.4 Å². The third-order valence-corrected chi connectivity index (χ3v) is 3.46. The van der Waals surface area contributed by atoms with Crippen LogP contribution in [0.1, 0.15) is 10.4 Å². The Bertz CT molecular complexity index is 686. The molecule has 0 aromatic heterocycles. The van der Waals surface area contributed by atoms with Crippen molar-refractivity contribution in [3.63, 3.8) is 0 Å². The number of hydrogen-bond donors (Lipinski definition) is 1. The number of non-ortho nitro benzene ring substituents is 1. The fourth-order valence-electron chi connectivity index (χ4n) is 1.72. The van der Waals surface area contributed by atoms with E-state index in [-0.39, 0.29) is 17.0 Å². The van der Waals surface area contributed by atoms with Gasteiger partial charge in [-0.25, -0.2) is 0 Å². The molecule has 2 rings (SSSR count). The maximum absolute atomic E-state index is 12.2. The number of nitrogens with zero attached hydrogens (tertiary/aromatic N) is 1. The second-order valence-corrected chi connectivity index (χ2v) is 5.35. The van der Waals surface area contributed by atoms with Gasteiger partial charge < -0.3 is 10.1 Å². The number of amides is 1. The molecule has 2 aromatic carbocycles. The summed E-state index contributed by atoms with van der Waals surface area (Å²) in [6.07, 6.45) is 0. The van der Waals surface area contributed by atoms with Gasteiger partial charge in [-0.15, -0.1) is 0 Å². The number of ether oxygens (including phenoxy) is 1. The van der Waals surface area contributed by atoms with Gasteiger partial charge in [-0.3, -0.25) is 14.9 Å². The molecule has 108 valence electrons. The Morgan fingerprint density at radius 2 is 1.90 bits per heavy atom. The van der Waals surface area contributed by atoms with Crippen molar-refractivity contribution >= 4 is 39.9 Å². The molecular formula is C14H11IN2O4. The van der Waals surface area contributed by atoms with Crippen molar-refractivity contribution in [1.29, 1.82) is 0 Å². The van der Waals surface area contributed by atoms with E-state index >= 15 is 0 Å². The first-order valence-electron chi connectivity index (χ1n) is 5.90. The van der Waals surface area contributed by atoms with Crippen molar-refractivity contribution in [3.05, 3.63) is 61.7 Å². The van der Waals surface area contributed by atoms with E-state index in [2.05, 4.69) is 27.9 Å². The number of nitro benzene ring substituents is 1. The van der Waals surface area contributed by atoms with Gasteiger partial charge in [0, 0.05) is 21.4 Å². The highest BCUT2D eigenvalue weighted by molar-refractivity contribution is 14.1. The molecule has 0 radical (unpaired) electrons. The minimum absolute atomic E-state index is 0.116. The first kappa shape index (κ1) is 15.2. The molecule has 7 heteroatoms. The van der Waals surface area contributed by atoms with Crippen molar-refractivity contribution in [2.24, 2.45) is 0 Å². The highest BCUT2D eigenvalue weighted by Gasteiger charge is 2.17. The third kappa shape index (κ3) is 3.69. The van der Waals surface area contributed by atoms with E-state index in [9.17, 15) is 14.9 Å². The number of halogens is 1. The summed E-state index contributed by atoms with van der Waals surface area (Å²) in [5, 5.41) is 13.5. The molecule has 0 bridgehead atoms. The van der Waals surface area contributed by atoms with Gasteiger partial charge in [0.25, 0.3) is 11.6 Å². The second-order valence-electron chi connectivity index (χ2n) is 4.10. The van der Waals surface area contributed by atoms with Gasteiger partial charge in [0.2, 0.25) is 0 Å². The molecule has 0 saturated carbocycles. The van der Waals surface area contributed by atoms with Crippen LogP contribution in [0.2, 0.25) is 0 Å². The molecule has 0 spiro atoms. The normalized spacial score (nSPS) is 10.0. The molecule has 0 aliphatic rings. The van der Waals surface area contributed by atoms with Crippen LogP contribution < -0.4 is 10.1 Å². The molecule has 1 amide bonds. The summed E-state index contributed by atoms with van der Waals surface area (Å²) >= 11 is 2.16. The van der Waals surface area contributed by atoms with E-state index in [4.69, 9.17) is 4.74 Å². The molecule has 21 heavy (non-hydrogen) atoms. The quantitative estimate of drug-likeness (QED) is 0.486. The molecule has 0 aliphatic carbocycles. The van der Waals surface area contributed by atoms with Crippen LogP contribution in [0.25, 0.3) is 0 Å². The molecule has 0 aliphatic heterocycles. The molecule has 0 fully saturated rings. The third-order valence-electron chi connectivity index (χ3n) is 2.74. The fourth-order valence-corrected chi connectivity index (χ4v) is 2.08. The van der Waals surface area contributed by atoms with E-state index < -0.39 is 10.8 Å². The van der Waals surface area contributed by atoms with Crippen molar-refractivity contribution in [1.82, 2.24) is 0 Å². The highest BCUT2D eigenvalue weighted by Crippen LogP contribution is 2.25. The van der Waals surface area contributed by atoms with Gasteiger partial charge in [0.1, 0.15) is 5.75 Å². The molecule has 0 saturated heterocycles. The summed E-state index contributed by atoms with van der Waals surface area (Å²) in [5.74, 6) is -0.180. The van der Waals surface area contributed by atoms with Crippen LogP contribution in [0.3, 0.4) is 0 Å². The van der Waals surface area contributed by atoms with Gasteiger partial charge in [-0.2, -0.15) is 0 Å². The number of benzene rings is 2. The number of methoxy groups -OCH3 is 1. The number of nitro groups is 1. The van der Waals surface area contributed by atoms with Crippen molar-refractivity contribution in [2.75, 3.05) is 12.4 Å². The average Bonchev–Trinajstić information content (AvgIpc) is 2.48. The van der Waals surface area contributed by atoms with E-state index in [1.807, 2.05) is 12.1 Å². The predicted octanol–water partition coefficient (Wildman–Crippen LogP) is 3.46. The summed E-state index contributed by atoms with van der Waals surface area (Å²) in [4.78, 5) is 22.5. The van der Waals surface area contributed by atoms with Gasteiger partial charge in [0.05, 0.1) is 17.6 Å². The average molecular weight is 398 g/mol. The first-order valence-corrected chi connectivity index (χ1v) is 6.98. The summed E-state index contributed by atoms with van der Waals surface area (Å²) in [7, 11) is 1.41. The number of nitrogens with one attached hydrogen (secondary N) is 1. The van der Waals surface area contributed by atoms with Crippen LogP contribution in [0, 0.1) is 13.7 Å². The van der Waals surface area contributed by atoms with E-state index in [1.54, 1.807) is 12.1 Å². The molecule has 6 nitrogen and oxygen atoms in total. The van der Waals surface area contributed by atoms with Crippen molar-refractivity contribution in [3.8, 4) is 5.75 Å². The maximum atomic E-state index is 12.2. The number of carbonyl (C=O) groups is 1. The van der Waals surface area contributed by atoms with Crippen LogP contribution in [-0.2, 0) is 0 Å². The topological polar surface area (TPSA) is 81.5 Å². The van der Waals surface area contributed by atoms with Crippen molar-refractivity contribution in [2.45, 2.75) is 0 Å².